The van der Waals surface area contributed by atoms with Crippen LogP contribution in [0, 0.1) is 5.82 Å². The van der Waals surface area contributed by atoms with Crippen molar-refractivity contribution >= 4 is 16.5 Å². The molecule has 0 amide bonds. The molecule has 0 radical (unpaired) electrons. The first-order valence-corrected chi connectivity index (χ1v) is 7.03. The summed E-state index contributed by atoms with van der Waals surface area (Å²) in [4.78, 5) is 0.518. The number of nitrogens with two attached hydrogens (primary N) is 1. The van der Waals surface area contributed by atoms with Gasteiger partial charge in [-0.1, -0.05) is 0 Å². The van der Waals surface area contributed by atoms with Crippen LogP contribution in [0.2, 0.25) is 0 Å². The summed E-state index contributed by atoms with van der Waals surface area (Å²) in [5.41, 5.74) is 5.90. The largest absolute Gasteiger partial charge is 0.398 e. The number of benzene rings is 1. The SMILES string of the molecule is Nc1cc(F)ccc1S(=O)CCC1CCCO1. The molecule has 0 saturated carbocycles. The molecule has 1 aliphatic heterocycles. The van der Waals surface area contributed by atoms with Crippen molar-refractivity contribution < 1.29 is 13.3 Å². The predicted octanol–water partition coefficient (Wildman–Crippen LogP) is 2.08. The van der Waals surface area contributed by atoms with Crippen LogP contribution in [-0.2, 0) is 15.5 Å². The lowest BCUT2D eigenvalue weighted by Crippen LogP contribution is -2.11. The third-order valence-corrected chi connectivity index (χ3v) is 4.34. The van der Waals surface area contributed by atoms with Gasteiger partial charge in [-0.15, -0.1) is 0 Å². The predicted molar refractivity (Wildman–Crippen MR) is 65.7 cm³/mol. The van der Waals surface area contributed by atoms with Crippen molar-refractivity contribution in [3.63, 3.8) is 0 Å². The summed E-state index contributed by atoms with van der Waals surface area (Å²) in [7, 11) is -1.17. The van der Waals surface area contributed by atoms with E-state index in [0.29, 0.717) is 10.6 Å². The van der Waals surface area contributed by atoms with E-state index in [2.05, 4.69) is 0 Å². The summed E-state index contributed by atoms with van der Waals surface area (Å²) in [5.74, 6) is 0.114. The quantitative estimate of drug-likeness (QED) is 0.840. The van der Waals surface area contributed by atoms with Crippen LogP contribution in [0.1, 0.15) is 19.3 Å². The monoisotopic (exact) mass is 257 g/mol. The van der Waals surface area contributed by atoms with E-state index >= 15 is 0 Å². The lowest BCUT2D eigenvalue weighted by molar-refractivity contribution is 0.109. The molecule has 1 heterocycles. The van der Waals surface area contributed by atoms with Crippen LogP contribution in [0.5, 0.6) is 0 Å². The van der Waals surface area contributed by atoms with Gasteiger partial charge in [0.2, 0.25) is 0 Å². The van der Waals surface area contributed by atoms with Crippen LogP contribution in [0.15, 0.2) is 23.1 Å². The Morgan fingerprint density at radius 1 is 1.53 bits per heavy atom. The number of ether oxygens (including phenoxy) is 1. The first-order chi connectivity index (χ1) is 8.16. The lowest BCUT2D eigenvalue weighted by atomic mass is 10.2. The minimum Gasteiger partial charge on any atom is -0.398 e. The molecular weight excluding hydrogens is 241 g/mol. The maximum atomic E-state index is 12.8. The van der Waals surface area contributed by atoms with E-state index in [-0.39, 0.29) is 11.8 Å². The topological polar surface area (TPSA) is 52.3 Å². The fourth-order valence-corrected chi connectivity index (χ4v) is 3.19. The summed E-state index contributed by atoms with van der Waals surface area (Å²) in [5, 5.41) is 0. The molecule has 0 bridgehead atoms. The van der Waals surface area contributed by atoms with Crippen LogP contribution in [0.4, 0.5) is 10.1 Å². The number of hydrogen-bond acceptors (Lipinski definition) is 3. The van der Waals surface area contributed by atoms with Gasteiger partial charge in [-0.05, 0) is 37.5 Å². The van der Waals surface area contributed by atoms with Gasteiger partial charge in [0.1, 0.15) is 5.82 Å². The van der Waals surface area contributed by atoms with E-state index in [0.717, 1.165) is 25.9 Å². The highest BCUT2D eigenvalue weighted by Gasteiger charge is 2.17. The van der Waals surface area contributed by atoms with E-state index in [1.54, 1.807) is 0 Å². The summed E-state index contributed by atoms with van der Waals surface area (Å²) in [6.45, 7) is 0.802. The summed E-state index contributed by atoms with van der Waals surface area (Å²) >= 11 is 0. The molecule has 1 saturated heterocycles. The van der Waals surface area contributed by atoms with Gasteiger partial charge in [-0.3, -0.25) is 4.21 Å². The maximum Gasteiger partial charge on any atom is 0.125 e. The first-order valence-electron chi connectivity index (χ1n) is 5.72. The third-order valence-electron chi connectivity index (χ3n) is 2.87. The van der Waals surface area contributed by atoms with Crippen LogP contribution in [0.3, 0.4) is 0 Å². The average Bonchev–Trinajstić information content (AvgIpc) is 2.78. The Balaban J connectivity index is 1.94. The standard InChI is InChI=1S/C12H16FNO2S/c13-9-3-4-12(11(14)8-9)17(15)7-5-10-2-1-6-16-10/h3-4,8,10H,1-2,5-7,14H2. The highest BCUT2D eigenvalue weighted by atomic mass is 32.2. The molecule has 2 N–H and O–H groups in total. The highest BCUT2D eigenvalue weighted by Crippen LogP contribution is 2.21. The lowest BCUT2D eigenvalue weighted by Gasteiger charge is -2.09. The zero-order valence-corrected chi connectivity index (χ0v) is 10.3. The second-order valence-electron chi connectivity index (χ2n) is 4.16. The molecule has 5 heteroatoms. The highest BCUT2D eigenvalue weighted by molar-refractivity contribution is 7.85. The zero-order chi connectivity index (χ0) is 12.3. The van der Waals surface area contributed by atoms with Gasteiger partial charge >= 0.3 is 0 Å². The Kier molecular flexibility index (Phi) is 4.12. The number of nitrogen functional groups attached to an aromatic ring is 1. The molecule has 2 unspecified atom stereocenters. The molecular formula is C12H16FNO2S. The molecule has 94 valence electrons. The van der Waals surface area contributed by atoms with Gasteiger partial charge in [0.15, 0.2) is 0 Å². The van der Waals surface area contributed by atoms with E-state index in [9.17, 15) is 8.60 Å². The number of rotatable bonds is 4. The first kappa shape index (κ1) is 12.5. The van der Waals surface area contributed by atoms with Crippen LogP contribution < -0.4 is 5.73 Å². The van der Waals surface area contributed by atoms with Crippen LogP contribution in [0.25, 0.3) is 0 Å². The number of hydrogen-bond donors (Lipinski definition) is 1. The third kappa shape index (κ3) is 3.26. The Morgan fingerprint density at radius 3 is 3.00 bits per heavy atom. The molecule has 0 aliphatic carbocycles. The van der Waals surface area contributed by atoms with Crippen molar-refractivity contribution in [1.29, 1.82) is 0 Å². The Morgan fingerprint density at radius 2 is 2.35 bits per heavy atom. The van der Waals surface area contributed by atoms with Gasteiger partial charge in [0.25, 0.3) is 0 Å². The molecule has 1 aromatic carbocycles. The molecule has 1 fully saturated rings. The van der Waals surface area contributed by atoms with Crippen molar-refractivity contribution in [2.24, 2.45) is 0 Å². The molecule has 0 spiro atoms. The fourth-order valence-electron chi connectivity index (χ4n) is 1.95. The van der Waals surface area contributed by atoms with Gasteiger partial charge in [0.05, 0.1) is 27.5 Å². The van der Waals surface area contributed by atoms with Crippen molar-refractivity contribution in [2.75, 3.05) is 18.1 Å². The van der Waals surface area contributed by atoms with E-state index in [1.165, 1.54) is 18.2 Å². The van der Waals surface area contributed by atoms with Gasteiger partial charge in [-0.2, -0.15) is 0 Å². The molecule has 1 aliphatic rings. The second kappa shape index (κ2) is 5.60. The summed E-state index contributed by atoms with van der Waals surface area (Å²) in [6, 6.07) is 3.99. The smallest absolute Gasteiger partial charge is 0.125 e. The number of anilines is 1. The molecule has 17 heavy (non-hydrogen) atoms. The second-order valence-corrected chi connectivity index (χ2v) is 5.69. The minimum absolute atomic E-state index is 0.223. The van der Waals surface area contributed by atoms with Crippen LogP contribution in [-0.4, -0.2) is 22.7 Å². The Hall–Kier alpha value is -0.940. The van der Waals surface area contributed by atoms with Gasteiger partial charge in [-0.25, -0.2) is 4.39 Å². The Bertz CT molecular complexity index is 419. The summed E-state index contributed by atoms with van der Waals surface area (Å²) in [6.07, 6.45) is 3.11. The van der Waals surface area contributed by atoms with Crippen LogP contribution >= 0.6 is 0 Å². The van der Waals surface area contributed by atoms with Crippen molar-refractivity contribution in [2.45, 2.75) is 30.3 Å². The van der Waals surface area contributed by atoms with Crippen molar-refractivity contribution in [1.82, 2.24) is 0 Å². The molecule has 2 rings (SSSR count). The Labute approximate surface area is 103 Å². The zero-order valence-electron chi connectivity index (χ0n) is 9.52. The minimum atomic E-state index is -1.17. The van der Waals surface area contributed by atoms with E-state index < -0.39 is 16.6 Å². The normalized spacial score (nSPS) is 21.6. The average molecular weight is 257 g/mol. The van der Waals surface area contributed by atoms with E-state index in [4.69, 9.17) is 10.5 Å². The van der Waals surface area contributed by atoms with E-state index in [1.807, 2.05) is 0 Å². The molecule has 0 aromatic heterocycles. The van der Waals surface area contributed by atoms with Gasteiger partial charge < -0.3 is 10.5 Å². The van der Waals surface area contributed by atoms with Crippen molar-refractivity contribution in [3.8, 4) is 0 Å². The number of halogens is 1. The fraction of sp³-hybridized carbons (Fsp3) is 0.500. The maximum absolute atomic E-state index is 12.8. The van der Waals surface area contributed by atoms with Crippen molar-refractivity contribution in [3.05, 3.63) is 24.0 Å². The molecule has 2 atom stereocenters. The molecule has 3 nitrogen and oxygen atoms in total. The molecule has 1 aromatic rings. The summed E-state index contributed by atoms with van der Waals surface area (Å²) < 4.78 is 30.3. The van der Waals surface area contributed by atoms with Gasteiger partial charge in [0, 0.05) is 12.4 Å².